The maximum absolute atomic E-state index is 12.3. The van der Waals surface area contributed by atoms with E-state index in [2.05, 4.69) is 11.8 Å². The standard InChI is InChI=1S/C14H23N3O3S/c1-2-16-7-9-17(10-8-16)21(18,19)12-11-20-14-6-4-3-5-13(14)15/h3-6H,2,7-12,15H2,1H3. The van der Waals surface area contributed by atoms with Crippen LogP contribution in [0.2, 0.25) is 0 Å². The minimum Gasteiger partial charge on any atom is -0.490 e. The van der Waals surface area contributed by atoms with Crippen molar-refractivity contribution >= 4 is 15.7 Å². The third-order valence-corrected chi connectivity index (χ3v) is 5.52. The van der Waals surface area contributed by atoms with Crippen LogP contribution in [0.3, 0.4) is 0 Å². The summed E-state index contributed by atoms with van der Waals surface area (Å²) in [5, 5.41) is 0. The second kappa shape index (κ2) is 7.11. The van der Waals surface area contributed by atoms with Gasteiger partial charge in [-0.3, -0.25) is 0 Å². The summed E-state index contributed by atoms with van der Waals surface area (Å²) in [6.45, 7) is 5.87. The van der Waals surface area contributed by atoms with E-state index in [4.69, 9.17) is 10.5 Å². The SMILES string of the molecule is CCN1CCN(S(=O)(=O)CCOc2ccccc2N)CC1. The molecule has 6 nitrogen and oxygen atoms in total. The number of nitrogens with zero attached hydrogens (tertiary/aromatic N) is 2. The van der Waals surface area contributed by atoms with Gasteiger partial charge in [0.05, 0.1) is 11.4 Å². The van der Waals surface area contributed by atoms with Crippen molar-refractivity contribution in [3.63, 3.8) is 0 Å². The Kier molecular flexibility index (Phi) is 5.44. The number of hydrogen-bond acceptors (Lipinski definition) is 5. The van der Waals surface area contributed by atoms with Crippen LogP contribution in [0, 0.1) is 0 Å². The van der Waals surface area contributed by atoms with E-state index < -0.39 is 10.0 Å². The average Bonchev–Trinajstić information content (AvgIpc) is 2.49. The molecule has 0 aromatic heterocycles. The van der Waals surface area contributed by atoms with Crippen molar-refractivity contribution in [1.82, 2.24) is 9.21 Å². The van der Waals surface area contributed by atoms with E-state index in [-0.39, 0.29) is 12.4 Å². The molecule has 2 rings (SSSR count). The van der Waals surface area contributed by atoms with E-state index >= 15 is 0 Å². The zero-order chi connectivity index (χ0) is 15.3. The summed E-state index contributed by atoms with van der Waals surface area (Å²) in [4.78, 5) is 2.24. The molecule has 0 amide bonds. The van der Waals surface area contributed by atoms with E-state index in [1.54, 1.807) is 16.4 Å². The van der Waals surface area contributed by atoms with Crippen molar-refractivity contribution in [2.24, 2.45) is 0 Å². The number of ether oxygens (including phenoxy) is 1. The molecule has 1 fully saturated rings. The maximum atomic E-state index is 12.3. The van der Waals surface area contributed by atoms with Gasteiger partial charge in [0.1, 0.15) is 12.4 Å². The number of nitrogen functional groups attached to an aromatic ring is 1. The molecule has 21 heavy (non-hydrogen) atoms. The topological polar surface area (TPSA) is 75.9 Å². The third kappa shape index (κ3) is 4.33. The molecule has 1 aromatic carbocycles. The predicted molar refractivity (Wildman–Crippen MR) is 83.8 cm³/mol. The lowest BCUT2D eigenvalue weighted by molar-refractivity contribution is 0.195. The molecular weight excluding hydrogens is 290 g/mol. The van der Waals surface area contributed by atoms with Crippen molar-refractivity contribution < 1.29 is 13.2 Å². The van der Waals surface area contributed by atoms with Crippen LogP contribution in [0.1, 0.15) is 6.92 Å². The Hall–Kier alpha value is -1.31. The largest absolute Gasteiger partial charge is 0.490 e. The average molecular weight is 313 g/mol. The number of sulfonamides is 1. The van der Waals surface area contributed by atoms with Gasteiger partial charge in [0.15, 0.2) is 0 Å². The highest BCUT2D eigenvalue weighted by atomic mass is 32.2. The van der Waals surface area contributed by atoms with Crippen LogP contribution in [0.5, 0.6) is 5.75 Å². The summed E-state index contributed by atoms with van der Waals surface area (Å²) in [5.41, 5.74) is 6.27. The van der Waals surface area contributed by atoms with Crippen LogP contribution in [-0.4, -0.2) is 62.7 Å². The Morgan fingerprint density at radius 3 is 2.48 bits per heavy atom. The third-order valence-electron chi connectivity index (χ3n) is 3.69. The molecule has 1 aliphatic heterocycles. The van der Waals surface area contributed by atoms with E-state index in [0.29, 0.717) is 24.5 Å². The molecule has 0 radical (unpaired) electrons. The second-order valence-electron chi connectivity index (χ2n) is 5.04. The van der Waals surface area contributed by atoms with Gasteiger partial charge in [0.2, 0.25) is 10.0 Å². The van der Waals surface area contributed by atoms with Gasteiger partial charge in [-0.2, -0.15) is 4.31 Å². The van der Waals surface area contributed by atoms with E-state index in [9.17, 15) is 8.42 Å². The normalized spacial score (nSPS) is 17.8. The molecule has 0 atom stereocenters. The summed E-state index contributed by atoms with van der Waals surface area (Å²) < 4.78 is 31.5. The lowest BCUT2D eigenvalue weighted by atomic mass is 10.3. The molecular formula is C14H23N3O3S. The smallest absolute Gasteiger partial charge is 0.217 e. The fourth-order valence-corrected chi connectivity index (χ4v) is 3.59. The second-order valence-corrected chi connectivity index (χ2v) is 7.12. The zero-order valence-corrected chi connectivity index (χ0v) is 13.2. The summed E-state index contributed by atoms with van der Waals surface area (Å²) in [6, 6.07) is 7.09. The summed E-state index contributed by atoms with van der Waals surface area (Å²) in [5.74, 6) is 0.511. The van der Waals surface area contributed by atoms with Crippen LogP contribution in [0.4, 0.5) is 5.69 Å². The highest BCUT2D eigenvalue weighted by Gasteiger charge is 2.26. The van der Waals surface area contributed by atoms with Gasteiger partial charge in [-0.1, -0.05) is 19.1 Å². The van der Waals surface area contributed by atoms with Crippen LogP contribution < -0.4 is 10.5 Å². The number of likely N-dealkylation sites (N-methyl/N-ethyl adjacent to an activating group) is 1. The first-order valence-electron chi connectivity index (χ1n) is 7.20. The summed E-state index contributed by atoms with van der Waals surface area (Å²) >= 11 is 0. The van der Waals surface area contributed by atoms with E-state index in [1.165, 1.54) is 0 Å². The zero-order valence-electron chi connectivity index (χ0n) is 12.4. The first-order chi connectivity index (χ1) is 10.0. The molecule has 7 heteroatoms. The number of piperazine rings is 1. The lowest BCUT2D eigenvalue weighted by Crippen LogP contribution is -2.49. The first-order valence-corrected chi connectivity index (χ1v) is 8.81. The minimum atomic E-state index is -3.26. The van der Waals surface area contributed by atoms with Crippen molar-refractivity contribution in [3.8, 4) is 5.75 Å². The van der Waals surface area contributed by atoms with Crippen LogP contribution in [0.15, 0.2) is 24.3 Å². The Morgan fingerprint density at radius 1 is 1.19 bits per heavy atom. The van der Waals surface area contributed by atoms with E-state index in [1.807, 2.05) is 12.1 Å². The van der Waals surface area contributed by atoms with Gasteiger partial charge >= 0.3 is 0 Å². The van der Waals surface area contributed by atoms with Crippen LogP contribution in [0.25, 0.3) is 0 Å². The number of benzene rings is 1. The van der Waals surface area contributed by atoms with Gasteiger partial charge in [-0.15, -0.1) is 0 Å². The van der Waals surface area contributed by atoms with Gasteiger partial charge in [0.25, 0.3) is 0 Å². The molecule has 118 valence electrons. The molecule has 0 spiro atoms. The molecule has 1 aliphatic rings. The Morgan fingerprint density at radius 2 is 1.86 bits per heavy atom. The first kappa shape index (κ1) is 16.1. The molecule has 1 heterocycles. The monoisotopic (exact) mass is 313 g/mol. The molecule has 2 N–H and O–H groups in total. The van der Waals surface area contributed by atoms with Crippen LogP contribution in [-0.2, 0) is 10.0 Å². The molecule has 1 aromatic rings. The molecule has 0 bridgehead atoms. The number of nitrogens with two attached hydrogens (primary N) is 1. The lowest BCUT2D eigenvalue weighted by Gasteiger charge is -2.33. The van der Waals surface area contributed by atoms with Crippen molar-refractivity contribution in [3.05, 3.63) is 24.3 Å². The summed E-state index contributed by atoms with van der Waals surface area (Å²) in [6.07, 6.45) is 0. The summed E-state index contributed by atoms with van der Waals surface area (Å²) in [7, 11) is -3.26. The molecule has 1 saturated heterocycles. The van der Waals surface area contributed by atoms with Crippen molar-refractivity contribution in [2.45, 2.75) is 6.92 Å². The highest BCUT2D eigenvalue weighted by Crippen LogP contribution is 2.19. The maximum Gasteiger partial charge on any atom is 0.217 e. The van der Waals surface area contributed by atoms with Gasteiger partial charge in [0, 0.05) is 26.2 Å². The van der Waals surface area contributed by atoms with E-state index in [0.717, 1.165) is 19.6 Å². The number of rotatable bonds is 6. The van der Waals surface area contributed by atoms with Crippen LogP contribution >= 0.6 is 0 Å². The Labute approximate surface area is 126 Å². The fraction of sp³-hybridized carbons (Fsp3) is 0.571. The van der Waals surface area contributed by atoms with Gasteiger partial charge in [-0.25, -0.2) is 8.42 Å². The Balaban J connectivity index is 1.83. The predicted octanol–water partition coefficient (Wildman–Crippen LogP) is 0.615. The number of para-hydroxylation sites is 2. The van der Waals surface area contributed by atoms with Crippen molar-refractivity contribution in [1.29, 1.82) is 0 Å². The molecule has 0 aliphatic carbocycles. The molecule has 0 unspecified atom stereocenters. The van der Waals surface area contributed by atoms with Gasteiger partial charge in [-0.05, 0) is 18.7 Å². The van der Waals surface area contributed by atoms with Gasteiger partial charge < -0.3 is 15.4 Å². The Bertz CT molecular complexity index is 554. The minimum absolute atomic E-state index is 0.0204. The number of hydrogen-bond donors (Lipinski definition) is 1. The number of anilines is 1. The highest BCUT2D eigenvalue weighted by molar-refractivity contribution is 7.89. The molecule has 0 saturated carbocycles. The van der Waals surface area contributed by atoms with Crippen molar-refractivity contribution in [2.75, 3.05) is 50.8 Å². The fourth-order valence-electron chi connectivity index (χ4n) is 2.32. The quantitative estimate of drug-likeness (QED) is 0.779.